The summed E-state index contributed by atoms with van der Waals surface area (Å²) >= 11 is 0. The molecule has 0 radical (unpaired) electrons. The van der Waals surface area contributed by atoms with Crippen LogP contribution in [-0.4, -0.2) is 35.2 Å². The van der Waals surface area contributed by atoms with E-state index in [1.165, 1.54) is 19.3 Å². The van der Waals surface area contributed by atoms with Gasteiger partial charge in [-0.2, -0.15) is 0 Å². The maximum atomic E-state index is 5.18. The van der Waals surface area contributed by atoms with Crippen molar-refractivity contribution in [3.63, 3.8) is 0 Å². The van der Waals surface area contributed by atoms with Crippen LogP contribution in [0.1, 0.15) is 31.7 Å². The fourth-order valence-corrected chi connectivity index (χ4v) is 3.98. The Kier molecular flexibility index (Phi) is 4.92. The molecule has 0 bridgehead atoms. The van der Waals surface area contributed by atoms with Gasteiger partial charge in [-0.3, -0.25) is 0 Å². The highest BCUT2D eigenvalue weighted by Crippen LogP contribution is 2.33. The third-order valence-electron chi connectivity index (χ3n) is 5.68. The van der Waals surface area contributed by atoms with Gasteiger partial charge in [-0.15, -0.1) is 0 Å². The Balaban J connectivity index is 1.75. The molecule has 0 amide bonds. The number of piperidine rings is 1. The Hall–Kier alpha value is -2.69. The molecule has 2 aromatic heterocycles. The number of ether oxygens (including phenoxy) is 1. The molecule has 0 saturated carbocycles. The van der Waals surface area contributed by atoms with Crippen LogP contribution in [0.4, 0.5) is 5.82 Å². The molecule has 1 fully saturated rings. The number of nitrogens with zero attached hydrogens (tertiary/aromatic N) is 4. The monoisotopic (exact) mass is 362 g/mol. The van der Waals surface area contributed by atoms with Gasteiger partial charge >= 0.3 is 0 Å². The largest absolute Gasteiger partial charge is 0.481 e. The molecule has 1 saturated heterocycles. The van der Waals surface area contributed by atoms with Gasteiger partial charge in [-0.25, -0.2) is 15.0 Å². The van der Waals surface area contributed by atoms with Crippen molar-refractivity contribution in [3.05, 3.63) is 42.4 Å². The van der Waals surface area contributed by atoms with Crippen LogP contribution in [0.3, 0.4) is 0 Å². The Morgan fingerprint density at radius 2 is 1.89 bits per heavy atom. The first kappa shape index (κ1) is 17.7. The molecule has 0 spiro atoms. The smallest absolute Gasteiger partial charge is 0.212 e. The summed E-state index contributed by atoms with van der Waals surface area (Å²) in [7, 11) is 1.63. The van der Waals surface area contributed by atoms with Crippen molar-refractivity contribution in [3.8, 4) is 17.0 Å². The number of hydrogen-bond acceptors (Lipinski definition) is 5. The van der Waals surface area contributed by atoms with Crippen LogP contribution in [0.25, 0.3) is 22.0 Å². The predicted octanol–water partition coefficient (Wildman–Crippen LogP) is 4.64. The van der Waals surface area contributed by atoms with Crippen LogP contribution in [-0.2, 0) is 0 Å². The van der Waals surface area contributed by atoms with Gasteiger partial charge in [0.1, 0.15) is 12.1 Å². The maximum absolute atomic E-state index is 5.18. The third kappa shape index (κ3) is 3.46. The van der Waals surface area contributed by atoms with E-state index in [2.05, 4.69) is 45.8 Å². The normalized spacial score (nSPS) is 15.3. The van der Waals surface area contributed by atoms with E-state index in [-0.39, 0.29) is 0 Å². The van der Waals surface area contributed by atoms with E-state index in [1.807, 2.05) is 18.3 Å². The highest BCUT2D eigenvalue weighted by molar-refractivity contribution is 5.95. The molecule has 1 aromatic carbocycles. The fraction of sp³-hybridized carbons (Fsp3) is 0.409. The molecule has 4 rings (SSSR count). The van der Waals surface area contributed by atoms with Crippen molar-refractivity contribution in [2.75, 3.05) is 25.1 Å². The summed E-state index contributed by atoms with van der Waals surface area (Å²) in [6, 6.07) is 8.31. The Morgan fingerprint density at radius 3 is 2.56 bits per heavy atom. The van der Waals surface area contributed by atoms with Crippen molar-refractivity contribution in [2.24, 2.45) is 5.92 Å². The van der Waals surface area contributed by atoms with E-state index in [1.54, 1.807) is 13.4 Å². The van der Waals surface area contributed by atoms with Crippen LogP contribution >= 0.6 is 0 Å². The summed E-state index contributed by atoms with van der Waals surface area (Å²) in [5.41, 5.74) is 4.39. The lowest BCUT2D eigenvalue weighted by Gasteiger charge is -2.33. The summed E-state index contributed by atoms with van der Waals surface area (Å²) in [6.07, 6.45) is 7.30. The summed E-state index contributed by atoms with van der Waals surface area (Å²) in [5.74, 6) is 2.53. The van der Waals surface area contributed by atoms with Gasteiger partial charge in [-0.1, -0.05) is 13.3 Å². The zero-order valence-corrected chi connectivity index (χ0v) is 16.3. The lowest BCUT2D eigenvalue weighted by atomic mass is 9.94. The topological polar surface area (TPSA) is 51.1 Å². The average molecular weight is 362 g/mol. The van der Waals surface area contributed by atoms with Gasteiger partial charge in [0.25, 0.3) is 0 Å². The second kappa shape index (κ2) is 7.51. The zero-order valence-electron chi connectivity index (χ0n) is 16.3. The average Bonchev–Trinajstić information content (AvgIpc) is 2.73. The number of rotatable bonds is 4. The van der Waals surface area contributed by atoms with Crippen molar-refractivity contribution in [1.29, 1.82) is 0 Å². The number of methoxy groups -OCH3 is 1. The maximum Gasteiger partial charge on any atom is 0.212 e. The minimum Gasteiger partial charge on any atom is -0.481 e. The lowest BCUT2D eigenvalue weighted by molar-refractivity contribution is 0.394. The molecular formula is C22H26N4O. The van der Waals surface area contributed by atoms with Gasteiger partial charge in [0.05, 0.1) is 12.6 Å². The molecular weight excluding hydrogens is 336 g/mol. The van der Waals surface area contributed by atoms with Crippen LogP contribution in [0.5, 0.6) is 5.88 Å². The van der Waals surface area contributed by atoms with Crippen LogP contribution < -0.4 is 9.64 Å². The molecule has 0 N–H and O–H groups in total. The molecule has 0 unspecified atom stereocenters. The van der Waals surface area contributed by atoms with Crippen molar-refractivity contribution < 1.29 is 4.74 Å². The number of fused-ring (bicyclic) bond motifs is 1. The third-order valence-corrected chi connectivity index (χ3v) is 5.68. The van der Waals surface area contributed by atoms with Crippen LogP contribution in [0.2, 0.25) is 0 Å². The molecule has 5 heteroatoms. The van der Waals surface area contributed by atoms with E-state index in [0.29, 0.717) is 5.88 Å². The Bertz CT molecular complexity index is 931. The van der Waals surface area contributed by atoms with Crippen LogP contribution in [0.15, 0.2) is 36.8 Å². The SMILES string of the molecule is CCC1CCN(c2ncnc3c(C)cc(-c4ccc(OC)nc4)cc23)CC1. The van der Waals surface area contributed by atoms with Crippen molar-refractivity contribution >= 4 is 16.7 Å². The van der Waals surface area contributed by atoms with E-state index in [9.17, 15) is 0 Å². The van der Waals surface area contributed by atoms with Gasteiger partial charge in [0.15, 0.2) is 0 Å². The molecule has 1 aliphatic rings. The minimum absolute atomic E-state index is 0.624. The first-order valence-electron chi connectivity index (χ1n) is 9.70. The summed E-state index contributed by atoms with van der Waals surface area (Å²) in [6.45, 7) is 6.54. The first-order valence-corrected chi connectivity index (χ1v) is 9.70. The molecule has 3 heterocycles. The number of pyridine rings is 1. The number of aryl methyl sites for hydroxylation is 1. The Labute approximate surface area is 160 Å². The van der Waals surface area contributed by atoms with Gasteiger partial charge in [0, 0.05) is 36.3 Å². The molecule has 0 atom stereocenters. The fourth-order valence-electron chi connectivity index (χ4n) is 3.98. The zero-order chi connectivity index (χ0) is 18.8. The molecule has 5 nitrogen and oxygen atoms in total. The quantitative estimate of drug-likeness (QED) is 0.677. The number of aromatic nitrogens is 3. The lowest BCUT2D eigenvalue weighted by Crippen LogP contribution is -2.34. The molecule has 27 heavy (non-hydrogen) atoms. The standard InChI is InChI=1S/C22H26N4O/c1-4-16-7-9-26(10-8-16)22-19-12-18(11-15(2)21(19)24-14-25-22)17-5-6-20(27-3)23-13-17/h5-6,11-14,16H,4,7-10H2,1-3H3. The predicted molar refractivity (Wildman–Crippen MR) is 109 cm³/mol. The van der Waals surface area contributed by atoms with Crippen LogP contribution in [0, 0.1) is 12.8 Å². The second-order valence-electron chi connectivity index (χ2n) is 7.31. The number of hydrogen-bond donors (Lipinski definition) is 0. The first-order chi connectivity index (χ1) is 13.2. The number of anilines is 1. The number of benzene rings is 1. The van der Waals surface area contributed by atoms with Gasteiger partial charge in [-0.05, 0) is 55.0 Å². The molecule has 3 aromatic rings. The molecule has 0 aliphatic carbocycles. The molecule has 140 valence electrons. The Morgan fingerprint density at radius 1 is 1.07 bits per heavy atom. The minimum atomic E-state index is 0.624. The summed E-state index contributed by atoms with van der Waals surface area (Å²) in [5, 5.41) is 1.12. The summed E-state index contributed by atoms with van der Waals surface area (Å²) < 4.78 is 5.18. The highest BCUT2D eigenvalue weighted by Gasteiger charge is 2.21. The highest BCUT2D eigenvalue weighted by atomic mass is 16.5. The van der Waals surface area contributed by atoms with E-state index in [4.69, 9.17) is 4.74 Å². The van der Waals surface area contributed by atoms with Crippen molar-refractivity contribution in [2.45, 2.75) is 33.1 Å². The van der Waals surface area contributed by atoms with Crippen molar-refractivity contribution in [1.82, 2.24) is 15.0 Å². The molecule has 1 aliphatic heterocycles. The van der Waals surface area contributed by atoms with Gasteiger partial charge in [0.2, 0.25) is 5.88 Å². The van der Waals surface area contributed by atoms with Gasteiger partial charge < -0.3 is 9.64 Å². The van der Waals surface area contributed by atoms with E-state index >= 15 is 0 Å². The second-order valence-corrected chi connectivity index (χ2v) is 7.31. The van der Waals surface area contributed by atoms with E-state index in [0.717, 1.165) is 52.4 Å². The summed E-state index contributed by atoms with van der Waals surface area (Å²) in [4.78, 5) is 16.0. The van der Waals surface area contributed by atoms with E-state index < -0.39 is 0 Å².